The summed E-state index contributed by atoms with van der Waals surface area (Å²) in [5.74, 6) is -0.395. The van der Waals surface area contributed by atoms with Crippen molar-refractivity contribution in [2.24, 2.45) is 0 Å². The molecule has 0 radical (unpaired) electrons. The fourth-order valence-electron chi connectivity index (χ4n) is 4.46. The van der Waals surface area contributed by atoms with Gasteiger partial charge in [0.1, 0.15) is 21.0 Å². The molecule has 0 spiro atoms. The number of aromatic nitrogens is 2. The van der Waals surface area contributed by atoms with E-state index in [9.17, 15) is 18.3 Å². The van der Waals surface area contributed by atoms with Crippen molar-refractivity contribution in [2.75, 3.05) is 5.75 Å². The number of nitrogens with zero attached hydrogens (tertiary/aromatic N) is 2. The number of hydrogen-bond donors (Lipinski definition) is 2. The van der Waals surface area contributed by atoms with Crippen LogP contribution in [0.15, 0.2) is 75.9 Å². The van der Waals surface area contributed by atoms with Gasteiger partial charge >= 0.3 is 5.63 Å². The van der Waals surface area contributed by atoms with Crippen LogP contribution in [0.1, 0.15) is 17.0 Å². The average molecular weight is 578 g/mol. The Hall–Kier alpha value is -3.90. The Morgan fingerprint density at radius 3 is 2.54 bits per heavy atom. The van der Waals surface area contributed by atoms with Gasteiger partial charge in [0.05, 0.1) is 27.1 Å². The van der Waals surface area contributed by atoms with E-state index in [4.69, 9.17) is 8.97 Å². The summed E-state index contributed by atoms with van der Waals surface area (Å²) in [4.78, 5) is 17.6. The molecular formula is C28H21N2O6S3+. The van der Waals surface area contributed by atoms with E-state index in [-0.39, 0.29) is 23.5 Å². The van der Waals surface area contributed by atoms with Gasteiger partial charge < -0.3 is 9.52 Å². The van der Waals surface area contributed by atoms with E-state index in [0.717, 1.165) is 25.4 Å². The molecule has 6 rings (SSSR count). The smallest absolute Gasteiger partial charge is 0.346 e. The molecule has 0 aliphatic carbocycles. The monoisotopic (exact) mass is 577 g/mol. The first-order valence-electron chi connectivity index (χ1n) is 12.0. The average Bonchev–Trinajstić information content (AvgIpc) is 3.49. The quantitative estimate of drug-likeness (QED) is 0.141. The van der Waals surface area contributed by atoms with Crippen LogP contribution < -0.4 is 10.2 Å². The molecular weight excluding hydrogens is 557 g/mol. The summed E-state index contributed by atoms with van der Waals surface area (Å²) in [6, 6.07) is 20.3. The number of benzene rings is 3. The summed E-state index contributed by atoms with van der Waals surface area (Å²) < 4.78 is 41.3. The second-order valence-corrected chi connectivity index (χ2v) is 12.5. The lowest BCUT2D eigenvalue weighted by molar-refractivity contribution is -0.668. The molecule has 0 fully saturated rings. The molecule has 0 aliphatic rings. The molecule has 0 atom stereocenters. The Morgan fingerprint density at radius 2 is 1.74 bits per heavy atom. The molecule has 0 amide bonds. The van der Waals surface area contributed by atoms with Crippen molar-refractivity contribution in [1.82, 2.24) is 4.98 Å². The highest BCUT2D eigenvalue weighted by Gasteiger charge is 2.20. The van der Waals surface area contributed by atoms with Gasteiger partial charge in [-0.1, -0.05) is 35.6 Å². The maximum Gasteiger partial charge on any atom is 0.346 e. The highest BCUT2D eigenvalue weighted by Crippen LogP contribution is 2.33. The van der Waals surface area contributed by atoms with Gasteiger partial charge in [-0.05, 0) is 42.5 Å². The molecule has 0 unspecified atom stereocenters. The highest BCUT2D eigenvalue weighted by molar-refractivity contribution is 7.85. The molecule has 0 saturated heterocycles. The Kier molecular flexibility index (Phi) is 6.51. The predicted molar refractivity (Wildman–Crippen MR) is 155 cm³/mol. The molecule has 39 heavy (non-hydrogen) atoms. The Labute approximate surface area is 230 Å². The lowest BCUT2D eigenvalue weighted by Gasteiger charge is -2.05. The molecule has 3 aromatic heterocycles. The topological polar surface area (TPSA) is 122 Å². The number of phenols is 1. The fourth-order valence-corrected chi connectivity index (χ4v) is 7.01. The molecule has 0 aliphatic heterocycles. The number of thiazole rings is 2. The first-order chi connectivity index (χ1) is 18.8. The van der Waals surface area contributed by atoms with Gasteiger partial charge in [0, 0.05) is 23.9 Å². The number of phenolic OH excluding ortho intramolecular Hbond substituents is 1. The predicted octanol–water partition coefficient (Wildman–Crippen LogP) is 5.73. The second-order valence-electron chi connectivity index (χ2n) is 8.88. The number of fused-ring (bicyclic) bond motifs is 3. The number of para-hydroxylation sites is 2. The van der Waals surface area contributed by atoms with Crippen LogP contribution in [0.3, 0.4) is 0 Å². The van der Waals surface area contributed by atoms with Gasteiger partial charge in [-0.3, -0.25) is 4.55 Å². The molecule has 3 aromatic carbocycles. The van der Waals surface area contributed by atoms with Crippen molar-refractivity contribution in [3.05, 3.63) is 87.7 Å². The largest absolute Gasteiger partial charge is 0.507 e. The maximum atomic E-state index is 13.0. The van der Waals surface area contributed by atoms with Crippen molar-refractivity contribution in [3.8, 4) is 16.3 Å². The molecule has 0 bridgehead atoms. The Bertz CT molecular complexity index is 2040. The van der Waals surface area contributed by atoms with E-state index in [1.54, 1.807) is 30.4 Å². The van der Waals surface area contributed by atoms with Crippen LogP contribution >= 0.6 is 22.7 Å². The molecule has 3 heterocycles. The minimum absolute atomic E-state index is 0.0475. The van der Waals surface area contributed by atoms with Gasteiger partial charge in [0.25, 0.3) is 15.1 Å². The minimum Gasteiger partial charge on any atom is -0.507 e. The van der Waals surface area contributed by atoms with Crippen LogP contribution in [0.2, 0.25) is 0 Å². The lowest BCUT2D eigenvalue weighted by Crippen LogP contribution is -2.35. The number of aryl methyl sites for hydroxylation is 1. The van der Waals surface area contributed by atoms with E-state index < -0.39 is 15.7 Å². The molecule has 6 aromatic rings. The number of hydrogen-bond acceptors (Lipinski definition) is 8. The maximum absolute atomic E-state index is 13.0. The molecule has 0 saturated carbocycles. The zero-order chi connectivity index (χ0) is 27.1. The van der Waals surface area contributed by atoms with Gasteiger partial charge in [-0.2, -0.15) is 13.0 Å². The fraction of sp³-hybridized carbons (Fsp3) is 0.107. The van der Waals surface area contributed by atoms with Gasteiger partial charge in [0.2, 0.25) is 5.52 Å². The van der Waals surface area contributed by atoms with E-state index in [2.05, 4.69) is 4.98 Å². The second kappa shape index (κ2) is 10.0. The third-order valence-electron chi connectivity index (χ3n) is 6.26. The SMILES string of the molecule is O=c1oc2c(C=Cc3sc4ccccc4[n+]3CCCS(=O)(=O)O)c(O)ccc2cc1-c1nc2ccccc2s1. The van der Waals surface area contributed by atoms with Crippen LogP contribution in [0.5, 0.6) is 5.75 Å². The Morgan fingerprint density at radius 1 is 0.974 bits per heavy atom. The van der Waals surface area contributed by atoms with Gasteiger partial charge in [-0.15, -0.1) is 11.3 Å². The van der Waals surface area contributed by atoms with Crippen molar-refractivity contribution in [3.63, 3.8) is 0 Å². The normalized spacial score (nSPS) is 12.3. The zero-order valence-corrected chi connectivity index (χ0v) is 22.7. The lowest BCUT2D eigenvalue weighted by atomic mass is 10.1. The number of rotatable bonds is 7. The van der Waals surface area contributed by atoms with E-state index in [1.807, 2.05) is 53.1 Å². The summed E-state index contributed by atoms with van der Waals surface area (Å²) >= 11 is 2.91. The van der Waals surface area contributed by atoms with Crippen molar-refractivity contribution in [2.45, 2.75) is 13.0 Å². The summed E-state index contributed by atoms with van der Waals surface area (Å²) in [6.07, 6.45) is 3.71. The van der Waals surface area contributed by atoms with Crippen molar-refractivity contribution in [1.29, 1.82) is 0 Å². The van der Waals surface area contributed by atoms with Crippen LogP contribution in [0, 0.1) is 0 Å². The van der Waals surface area contributed by atoms with Crippen LogP contribution in [-0.4, -0.2) is 28.8 Å². The first kappa shape index (κ1) is 25.4. The highest BCUT2D eigenvalue weighted by atomic mass is 32.2. The molecule has 8 nitrogen and oxygen atoms in total. The van der Waals surface area contributed by atoms with E-state index in [1.165, 1.54) is 22.7 Å². The summed E-state index contributed by atoms with van der Waals surface area (Å²) in [7, 11) is -4.07. The standard InChI is InChI=1S/C28H20N2O6S3/c31-22-12-10-17-16-19(27-29-20-6-1-3-8-23(20)38-27)28(32)36-26(17)18(22)11-13-25-30(14-5-15-39(33,34)35)21-7-2-4-9-24(21)37-25/h1-4,6-13,16H,5,14-15H2,(H,33,34,35)/p+1. The van der Waals surface area contributed by atoms with Crippen molar-refractivity contribution >= 4 is 76.3 Å². The van der Waals surface area contributed by atoms with Crippen LogP contribution in [0.4, 0.5) is 0 Å². The molecule has 11 heteroatoms. The Balaban J connectivity index is 1.41. The zero-order valence-electron chi connectivity index (χ0n) is 20.3. The molecule has 196 valence electrons. The summed E-state index contributed by atoms with van der Waals surface area (Å²) in [6.45, 7) is 0.367. The van der Waals surface area contributed by atoms with Gasteiger partial charge in [0.15, 0.2) is 6.54 Å². The van der Waals surface area contributed by atoms with Crippen LogP contribution in [-0.2, 0) is 16.7 Å². The van der Waals surface area contributed by atoms with Crippen LogP contribution in [0.25, 0.3) is 54.1 Å². The number of aromatic hydroxyl groups is 1. The van der Waals surface area contributed by atoms with E-state index in [0.29, 0.717) is 28.1 Å². The van der Waals surface area contributed by atoms with E-state index >= 15 is 0 Å². The first-order valence-corrected chi connectivity index (χ1v) is 15.2. The molecule has 2 N–H and O–H groups in total. The van der Waals surface area contributed by atoms with Crippen molar-refractivity contribution < 1.29 is 27.1 Å². The third-order valence-corrected chi connectivity index (χ3v) is 9.26. The third kappa shape index (κ3) is 5.09. The summed E-state index contributed by atoms with van der Waals surface area (Å²) in [5, 5.41) is 12.7. The van der Waals surface area contributed by atoms with Gasteiger partial charge in [-0.25, -0.2) is 9.78 Å². The minimum atomic E-state index is -4.07. The summed E-state index contributed by atoms with van der Waals surface area (Å²) in [5.41, 5.74) is 2.13.